The third-order valence-electron chi connectivity index (χ3n) is 1.20. The Morgan fingerprint density at radius 1 is 1.30 bits per heavy atom. The molecule has 0 saturated heterocycles. The predicted molar refractivity (Wildman–Crippen MR) is 40.2 cm³/mol. The first-order valence-corrected chi connectivity index (χ1v) is 2.69. The second kappa shape index (κ2) is 2.66. The van der Waals surface area contributed by atoms with E-state index in [4.69, 9.17) is 0 Å². The van der Waals surface area contributed by atoms with Gasteiger partial charge in [0.25, 0.3) is 0 Å². The number of nitrogens with zero attached hydrogens (tertiary/aromatic N) is 3. The van der Waals surface area contributed by atoms with Crippen molar-refractivity contribution in [3.8, 4) is 0 Å². The number of halogens is 1. The monoisotopic (exact) mass is 155 g/mol. The van der Waals surface area contributed by atoms with Gasteiger partial charge in [-0.2, -0.15) is 0 Å². The molecule has 4 heteroatoms. The molecule has 10 heavy (non-hydrogen) atoms. The summed E-state index contributed by atoms with van der Waals surface area (Å²) in [5, 5.41) is 0. The molecule has 3 nitrogen and oxygen atoms in total. The molecule has 0 aliphatic rings. The van der Waals surface area contributed by atoms with Gasteiger partial charge in [0, 0.05) is 18.6 Å². The lowest BCUT2D eigenvalue weighted by Gasteiger charge is -1.85. The minimum atomic E-state index is 0. The number of rotatable bonds is 0. The van der Waals surface area contributed by atoms with Crippen molar-refractivity contribution in [2.75, 3.05) is 0 Å². The molecule has 0 N–H and O–H groups in total. The highest BCUT2D eigenvalue weighted by Crippen LogP contribution is 1.94. The van der Waals surface area contributed by atoms with Crippen molar-refractivity contribution in [3.63, 3.8) is 0 Å². The minimum absolute atomic E-state index is 0. The van der Waals surface area contributed by atoms with Gasteiger partial charge in [0.05, 0.1) is 0 Å². The smallest absolute Gasteiger partial charge is 0.139 e. The molecule has 2 aromatic rings. The number of aromatic nitrogens is 3. The summed E-state index contributed by atoms with van der Waals surface area (Å²) in [5.74, 6) is 0. The predicted octanol–water partition coefficient (Wildman–Crippen LogP) is 1.15. The maximum absolute atomic E-state index is 4.04. The second-order valence-corrected chi connectivity index (χ2v) is 1.77. The first-order valence-electron chi connectivity index (χ1n) is 2.69. The second-order valence-electron chi connectivity index (χ2n) is 1.77. The Bertz CT molecular complexity index is 287. The third-order valence-corrected chi connectivity index (χ3v) is 1.20. The van der Waals surface area contributed by atoms with Crippen LogP contribution in [0.2, 0.25) is 0 Å². The first-order chi connectivity index (χ1) is 4.47. The lowest BCUT2D eigenvalue weighted by Crippen LogP contribution is -1.81. The lowest BCUT2D eigenvalue weighted by atomic mass is 10.6. The average molecular weight is 156 g/mol. The number of hydrogen-bond donors (Lipinski definition) is 0. The van der Waals surface area contributed by atoms with Gasteiger partial charge in [-0.15, -0.1) is 12.4 Å². The summed E-state index contributed by atoms with van der Waals surface area (Å²) in [6, 6.07) is 1.86. The van der Waals surface area contributed by atoms with Crippen molar-refractivity contribution < 1.29 is 0 Å². The summed E-state index contributed by atoms with van der Waals surface area (Å²) < 4.78 is 1.86. The van der Waals surface area contributed by atoms with Crippen LogP contribution in [0.5, 0.6) is 0 Å². The highest BCUT2D eigenvalue weighted by atomic mass is 35.5. The maximum Gasteiger partial charge on any atom is 0.139 e. The molecule has 0 spiro atoms. The standard InChI is InChI=1S/C6H5N3.ClH/c1-2-7-5-9-4-3-8-6(1)9;/h1-5H;1H. The highest BCUT2D eigenvalue weighted by Gasteiger charge is 1.86. The molecule has 0 saturated carbocycles. The van der Waals surface area contributed by atoms with Gasteiger partial charge in [-0.1, -0.05) is 0 Å². The van der Waals surface area contributed by atoms with Crippen molar-refractivity contribution in [2.24, 2.45) is 0 Å². The molecule has 0 aromatic carbocycles. The minimum Gasteiger partial charge on any atom is -0.290 e. The van der Waals surface area contributed by atoms with Crippen LogP contribution >= 0.6 is 12.4 Å². The molecular weight excluding hydrogens is 150 g/mol. The Morgan fingerprint density at radius 3 is 3.00 bits per heavy atom. The van der Waals surface area contributed by atoms with Gasteiger partial charge >= 0.3 is 0 Å². The Labute approximate surface area is 64.1 Å². The summed E-state index contributed by atoms with van der Waals surface area (Å²) in [4.78, 5) is 7.95. The first kappa shape index (κ1) is 7.02. The number of imidazole rings is 1. The lowest BCUT2D eigenvalue weighted by molar-refractivity contribution is 1.09. The van der Waals surface area contributed by atoms with Crippen LogP contribution in [0.1, 0.15) is 0 Å². The fourth-order valence-electron chi connectivity index (χ4n) is 0.771. The molecule has 0 fully saturated rings. The van der Waals surface area contributed by atoms with E-state index in [-0.39, 0.29) is 12.4 Å². The van der Waals surface area contributed by atoms with Gasteiger partial charge in [-0.3, -0.25) is 4.40 Å². The van der Waals surface area contributed by atoms with Gasteiger partial charge in [0.2, 0.25) is 0 Å². The van der Waals surface area contributed by atoms with Crippen molar-refractivity contribution >= 4 is 18.1 Å². The molecule has 0 bridgehead atoms. The Hall–Kier alpha value is -1.09. The van der Waals surface area contributed by atoms with Crippen molar-refractivity contribution in [2.45, 2.75) is 0 Å². The van der Waals surface area contributed by atoms with Crippen LogP contribution in [-0.4, -0.2) is 14.4 Å². The van der Waals surface area contributed by atoms with E-state index < -0.39 is 0 Å². The zero-order valence-corrected chi connectivity index (χ0v) is 5.95. The van der Waals surface area contributed by atoms with Crippen LogP contribution in [-0.2, 0) is 0 Å². The fraction of sp³-hybridized carbons (Fsp3) is 0. The van der Waals surface area contributed by atoms with Crippen LogP contribution in [0.3, 0.4) is 0 Å². The van der Waals surface area contributed by atoms with E-state index in [1.54, 1.807) is 18.7 Å². The molecule has 2 heterocycles. The van der Waals surface area contributed by atoms with Crippen LogP contribution in [0, 0.1) is 0 Å². The third kappa shape index (κ3) is 0.953. The van der Waals surface area contributed by atoms with E-state index in [0.29, 0.717) is 0 Å². The molecular formula is C6H6ClN3. The molecule has 52 valence electrons. The quantitative estimate of drug-likeness (QED) is 0.572. The van der Waals surface area contributed by atoms with Gasteiger partial charge in [0.1, 0.15) is 12.0 Å². The van der Waals surface area contributed by atoms with E-state index in [9.17, 15) is 0 Å². The highest BCUT2D eigenvalue weighted by molar-refractivity contribution is 5.85. The Balaban J connectivity index is 0.000000500. The van der Waals surface area contributed by atoms with Crippen molar-refractivity contribution in [3.05, 3.63) is 31.0 Å². The molecule has 2 aromatic heterocycles. The van der Waals surface area contributed by atoms with E-state index in [1.807, 2.05) is 16.7 Å². The zero-order valence-electron chi connectivity index (χ0n) is 5.14. The Kier molecular flexibility index (Phi) is 1.87. The van der Waals surface area contributed by atoms with Crippen LogP contribution in [0.25, 0.3) is 5.65 Å². The van der Waals surface area contributed by atoms with Gasteiger partial charge in [0.15, 0.2) is 0 Å². The topological polar surface area (TPSA) is 30.2 Å². The zero-order chi connectivity index (χ0) is 6.10. The summed E-state index contributed by atoms with van der Waals surface area (Å²) in [7, 11) is 0. The van der Waals surface area contributed by atoms with Crippen LogP contribution in [0.4, 0.5) is 0 Å². The van der Waals surface area contributed by atoms with E-state index in [1.165, 1.54) is 0 Å². The fourth-order valence-corrected chi connectivity index (χ4v) is 0.771. The van der Waals surface area contributed by atoms with E-state index in [2.05, 4.69) is 9.97 Å². The molecule has 0 aliphatic heterocycles. The van der Waals surface area contributed by atoms with E-state index in [0.717, 1.165) is 5.65 Å². The number of fused-ring (bicyclic) bond motifs is 1. The summed E-state index contributed by atoms with van der Waals surface area (Å²) in [5.41, 5.74) is 0.935. The SMILES string of the molecule is Cl.c1cc2nccn2cn1. The van der Waals surface area contributed by atoms with E-state index >= 15 is 0 Å². The largest absolute Gasteiger partial charge is 0.290 e. The molecule has 0 radical (unpaired) electrons. The van der Waals surface area contributed by atoms with Crippen LogP contribution < -0.4 is 0 Å². The average Bonchev–Trinajstić information content (AvgIpc) is 2.33. The van der Waals surface area contributed by atoms with Gasteiger partial charge in [-0.25, -0.2) is 9.97 Å². The number of hydrogen-bond acceptors (Lipinski definition) is 2. The van der Waals surface area contributed by atoms with Crippen molar-refractivity contribution in [1.82, 2.24) is 14.4 Å². The summed E-state index contributed by atoms with van der Waals surface area (Å²) >= 11 is 0. The van der Waals surface area contributed by atoms with Gasteiger partial charge < -0.3 is 0 Å². The Morgan fingerprint density at radius 2 is 2.20 bits per heavy atom. The normalized spacial score (nSPS) is 9.20. The summed E-state index contributed by atoms with van der Waals surface area (Å²) in [6.45, 7) is 0. The maximum atomic E-state index is 4.04. The van der Waals surface area contributed by atoms with Crippen molar-refractivity contribution in [1.29, 1.82) is 0 Å². The van der Waals surface area contributed by atoms with Crippen LogP contribution in [0.15, 0.2) is 31.0 Å². The summed E-state index contributed by atoms with van der Waals surface area (Å²) in [6.07, 6.45) is 7.06. The molecule has 0 aliphatic carbocycles. The molecule has 0 atom stereocenters. The molecule has 0 unspecified atom stereocenters. The molecule has 0 amide bonds. The molecule has 2 rings (SSSR count). The van der Waals surface area contributed by atoms with Gasteiger partial charge in [-0.05, 0) is 6.07 Å².